The minimum absolute atomic E-state index is 0.242. The summed E-state index contributed by atoms with van der Waals surface area (Å²) >= 11 is 1.55. The van der Waals surface area contributed by atoms with Crippen molar-refractivity contribution in [1.82, 2.24) is 10.3 Å². The van der Waals surface area contributed by atoms with Crippen LogP contribution < -0.4 is 11.1 Å². The first-order chi connectivity index (χ1) is 10.1. The molecule has 0 aliphatic carbocycles. The maximum absolute atomic E-state index is 12.9. The molecule has 0 aliphatic heterocycles. The molecular weight excluding hydrogens is 289 g/mol. The number of unbranched alkanes of at least 4 members (excludes halogenated alkanes) is 1. The van der Waals surface area contributed by atoms with Gasteiger partial charge in [-0.25, -0.2) is 9.37 Å². The number of aromatic nitrogens is 1. The molecule has 1 aromatic heterocycles. The summed E-state index contributed by atoms with van der Waals surface area (Å²) in [5, 5.41) is 6.17. The van der Waals surface area contributed by atoms with Gasteiger partial charge in [0.2, 0.25) is 5.91 Å². The van der Waals surface area contributed by atoms with Gasteiger partial charge in [0.1, 0.15) is 10.8 Å². The van der Waals surface area contributed by atoms with E-state index in [9.17, 15) is 9.18 Å². The zero-order chi connectivity index (χ0) is 15.1. The summed E-state index contributed by atoms with van der Waals surface area (Å²) in [6.45, 7) is 1.52. The second kappa shape index (κ2) is 7.85. The zero-order valence-electron chi connectivity index (χ0n) is 11.6. The number of nitrogens with two attached hydrogens (primary N) is 1. The number of nitrogens with zero attached hydrogens (tertiary/aromatic N) is 1. The lowest BCUT2D eigenvalue weighted by Gasteiger charge is -2.01. The van der Waals surface area contributed by atoms with Crippen LogP contribution in [0, 0.1) is 5.82 Å². The van der Waals surface area contributed by atoms with Gasteiger partial charge in [0.05, 0.1) is 5.69 Å². The summed E-state index contributed by atoms with van der Waals surface area (Å²) in [7, 11) is 0. The van der Waals surface area contributed by atoms with Crippen molar-refractivity contribution in [3.63, 3.8) is 0 Å². The Morgan fingerprint density at radius 3 is 2.76 bits per heavy atom. The summed E-state index contributed by atoms with van der Waals surface area (Å²) in [4.78, 5) is 15.1. The third-order valence-electron chi connectivity index (χ3n) is 2.98. The average molecular weight is 307 g/mol. The first-order valence-electron chi connectivity index (χ1n) is 6.84. The molecule has 0 unspecified atom stereocenters. The molecule has 0 spiro atoms. The number of carbonyl (C=O) groups is 1. The largest absolute Gasteiger partial charge is 0.370 e. The topological polar surface area (TPSA) is 68.0 Å². The molecule has 1 aromatic carbocycles. The number of hydrogen-bond acceptors (Lipinski definition) is 4. The van der Waals surface area contributed by atoms with Crippen LogP contribution in [-0.4, -0.2) is 17.4 Å². The predicted molar refractivity (Wildman–Crippen MR) is 82.3 cm³/mol. The molecule has 1 heterocycles. The third kappa shape index (κ3) is 5.24. The molecule has 112 valence electrons. The van der Waals surface area contributed by atoms with Crippen LogP contribution in [-0.2, 0) is 11.3 Å². The molecule has 0 fully saturated rings. The number of amides is 1. The normalized spacial score (nSPS) is 10.7. The van der Waals surface area contributed by atoms with Crippen LogP contribution in [0.2, 0.25) is 0 Å². The van der Waals surface area contributed by atoms with Crippen LogP contribution in [0.3, 0.4) is 0 Å². The summed E-state index contributed by atoms with van der Waals surface area (Å²) < 4.78 is 12.9. The van der Waals surface area contributed by atoms with Gasteiger partial charge in [-0.3, -0.25) is 4.79 Å². The highest BCUT2D eigenvalue weighted by atomic mass is 32.1. The van der Waals surface area contributed by atoms with Crippen molar-refractivity contribution in [2.75, 3.05) is 6.54 Å². The zero-order valence-corrected chi connectivity index (χ0v) is 12.5. The van der Waals surface area contributed by atoms with E-state index in [2.05, 4.69) is 10.3 Å². The Morgan fingerprint density at radius 1 is 1.29 bits per heavy atom. The smallest absolute Gasteiger partial charge is 0.217 e. The highest BCUT2D eigenvalue weighted by Crippen LogP contribution is 2.23. The van der Waals surface area contributed by atoms with E-state index in [4.69, 9.17) is 5.73 Å². The van der Waals surface area contributed by atoms with Crippen LogP contribution in [0.25, 0.3) is 10.6 Å². The summed E-state index contributed by atoms with van der Waals surface area (Å²) in [6, 6.07) is 6.34. The molecule has 21 heavy (non-hydrogen) atoms. The van der Waals surface area contributed by atoms with E-state index < -0.39 is 0 Å². The second-order valence-corrected chi connectivity index (χ2v) is 5.61. The van der Waals surface area contributed by atoms with Crippen molar-refractivity contribution in [3.8, 4) is 10.6 Å². The molecule has 0 atom stereocenters. The highest BCUT2D eigenvalue weighted by Gasteiger charge is 2.04. The number of thiazole rings is 1. The first-order valence-corrected chi connectivity index (χ1v) is 7.72. The fraction of sp³-hybridized carbons (Fsp3) is 0.333. The molecule has 0 saturated heterocycles. The molecule has 0 aliphatic rings. The van der Waals surface area contributed by atoms with Crippen LogP contribution in [0.15, 0.2) is 29.6 Å². The van der Waals surface area contributed by atoms with Crippen molar-refractivity contribution in [2.24, 2.45) is 5.73 Å². The lowest BCUT2D eigenvalue weighted by molar-refractivity contribution is -0.118. The van der Waals surface area contributed by atoms with Crippen molar-refractivity contribution in [2.45, 2.75) is 25.8 Å². The Labute approximate surface area is 127 Å². The Hall–Kier alpha value is -1.79. The van der Waals surface area contributed by atoms with E-state index in [0.717, 1.165) is 35.7 Å². The minimum Gasteiger partial charge on any atom is -0.370 e. The molecule has 0 radical (unpaired) electrons. The van der Waals surface area contributed by atoms with E-state index in [1.807, 2.05) is 5.38 Å². The van der Waals surface area contributed by atoms with Gasteiger partial charge in [0.15, 0.2) is 0 Å². The maximum atomic E-state index is 12.9. The van der Waals surface area contributed by atoms with E-state index in [0.29, 0.717) is 13.0 Å². The summed E-state index contributed by atoms with van der Waals surface area (Å²) in [5.41, 5.74) is 6.97. The number of benzene rings is 1. The fourth-order valence-corrected chi connectivity index (χ4v) is 2.70. The maximum Gasteiger partial charge on any atom is 0.217 e. The Morgan fingerprint density at radius 2 is 2.05 bits per heavy atom. The number of rotatable bonds is 8. The van der Waals surface area contributed by atoms with Crippen LogP contribution in [0.1, 0.15) is 25.0 Å². The van der Waals surface area contributed by atoms with Crippen molar-refractivity contribution < 1.29 is 9.18 Å². The van der Waals surface area contributed by atoms with Gasteiger partial charge in [-0.1, -0.05) is 0 Å². The average Bonchev–Trinajstić information content (AvgIpc) is 2.92. The van der Waals surface area contributed by atoms with Crippen LogP contribution in [0.4, 0.5) is 4.39 Å². The standard InChI is InChI=1S/C15H18FN3OS/c16-12-6-4-11(5-7-12)15-19-13(10-21-15)9-18-8-2-1-3-14(17)20/h4-7,10,18H,1-3,8-9H2,(H2,17,20). The van der Waals surface area contributed by atoms with Gasteiger partial charge in [0, 0.05) is 23.9 Å². The number of primary amides is 1. The van der Waals surface area contributed by atoms with Crippen molar-refractivity contribution in [1.29, 1.82) is 0 Å². The minimum atomic E-state index is -0.251. The predicted octanol–water partition coefficient (Wildman–Crippen LogP) is 2.69. The molecular formula is C15H18FN3OS. The lowest BCUT2D eigenvalue weighted by atomic mass is 10.2. The molecule has 4 nitrogen and oxygen atoms in total. The van der Waals surface area contributed by atoms with Crippen LogP contribution in [0.5, 0.6) is 0 Å². The Balaban J connectivity index is 1.76. The number of carbonyl (C=O) groups excluding carboxylic acids is 1. The second-order valence-electron chi connectivity index (χ2n) is 4.75. The lowest BCUT2D eigenvalue weighted by Crippen LogP contribution is -2.16. The molecule has 6 heteroatoms. The molecule has 2 rings (SSSR count). The van der Waals surface area contributed by atoms with E-state index in [1.165, 1.54) is 12.1 Å². The van der Waals surface area contributed by atoms with E-state index >= 15 is 0 Å². The van der Waals surface area contributed by atoms with Gasteiger partial charge in [-0.05, 0) is 43.7 Å². The van der Waals surface area contributed by atoms with Gasteiger partial charge < -0.3 is 11.1 Å². The monoisotopic (exact) mass is 307 g/mol. The molecule has 0 bridgehead atoms. The molecule has 3 N–H and O–H groups in total. The Kier molecular flexibility index (Phi) is 5.83. The van der Waals surface area contributed by atoms with Gasteiger partial charge in [-0.15, -0.1) is 11.3 Å². The fourth-order valence-electron chi connectivity index (χ4n) is 1.88. The number of hydrogen-bond donors (Lipinski definition) is 2. The molecule has 0 saturated carbocycles. The quantitative estimate of drug-likeness (QED) is 0.737. The van der Waals surface area contributed by atoms with Crippen molar-refractivity contribution in [3.05, 3.63) is 41.2 Å². The summed E-state index contributed by atoms with van der Waals surface area (Å²) in [5.74, 6) is -0.494. The third-order valence-corrected chi connectivity index (χ3v) is 3.92. The molecule has 2 aromatic rings. The highest BCUT2D eigenvalue weighted by molar-refractivity contribution is 7.13. The van der Waals surface area contributed by atoms with Gasteiger partial charge in [-0.2, -0.15) is 0 Å². The first kappa shape index (κ1) is 15.6. The Bertz CT molecular complexity index is 583. The van der Waals surface area contributed by atoms with Crippen molar-refractivity contribution >= 4 is 17.2 Å². The van der Waals surface area contributed by atoms with Crippen LogP contribution >= 0.6 is 11.3 Å². The molecule has 1 amide bonds. The number of halogens is 1. The van der Waals surface area contributed by atoms with E-state index in [-0.39, 0.29) is 11.7 Å². The number of nitrogens with one attached hydrogen (secondary N) is 1. The van der Waals surface area contributed by atoms with Gasteiger partial charge in [0.25, 0.3) is 0 Å². The van der Waals surface area contributed by atoms with E-state index in [1.54, 1.807) is 23.5 Å². The van der Waals surface area contributed by atoms with Gasteiger partial charge >= 0.3 is 0 Å². The summed E-state index contributed by atoms with van der Waals surface area (Å²) in [6.07, 6.45) is 2.16. The SMILES string of the molecule is NC(=O)CCCCNCc1csc(-c2ccc(F)cc2)n1.